The largest absolute Gasteiger partial charge is 0.384 e. The van der Waals surface area contributed by atoms with Crippen molar-refractivity contribution in [2.45, 2.75) is 13.5 Å². The summed E-state index contributed by atoms with van der Waals surface area (Å²) < 4.78 is 1.64. The zero-order valence-electron chi connectivity index (χ0n) is 12.3. The van der Waals surface area contributed by atoms with Gasteiger partial charge in [0.25, 0.3) is 5.91 Å². The van der Waals surface area contributed by atoms with Crippen LogP contribution in [-0.2, 0) is 13.6 Å². The normalized spacial score (nSPS) is 10.1. The number of rotatable bonds is 3. The van der Waals surface area contributed by atoms with Crippen LogP contribution in [0.5, 0.6) is 0 Å². The van der Waals surface area contributed by atoms with Crippen LogP contribution in [0.3, 0.4) is 0 Å². The number of thiophene rings is 1. The van der Waals surface area contributed by atoms with Crippen molar-refractivity contribution in [2.75, 3.05) is 13.7 Å². The summed E-state index contributed by atoms with van der Waals surface area (Å²) in [4.78, 5) is 14.9. The van der Waals surface area contributed by atoms with Crippen LogP contribution in [0.1, 0.15) is 26.5 Å². The lowest BCUT2D eigenvalue weighted by Gasteiger charge is -2.15. The maximum atomic E-state index is 12.4. The summed E-state index contributed by atoms with van der Waals surface area (Å²) in [6.07, 6.45) is 1.74. The second-order valence-electron chi connectivity index (χ2n) is 4.74. The molecule has 0 radical (unpaired) electrons. The van der Waals surface area contributed by atoms with Gasteiger partial charge < -0.3 is 10.0 Å². The molecular formula is C15H17N3O2S. The highest BCUT2D eigenvalue weighted by molar-refractivity contribution is 7.10. The van der Waals surface area contributed by atoms with Crippen molar-refractivity contribution in [3.8, 4) is 11.8 Å². The highest BCUT2D eigenvalue weighted by atomic mass is 32.1. The highest BCUT2D eigenvalue weighted by Gasteiger charge is 2.17. The van der Waals surface area contributed by atoms with Gasteiger partial charge in [0.2, 0.25) is 0 Å². The number of carbonyl (C=O) groups is 1. The third-order valence-electron chi connectivity index (χ3n) is 2.95. The lowest BCUT2D eigenvalue weighted by molar-refractivity contribution is 0.0784. The molecule has 0 fully saturated rings. The highest BCUT2D eigenvalue weighted by Crippen LogP contribution is 2.16. The molecule has 6 heteroatoms. The molecule has 2 rings (SSSR count). The Bertz CT molecular complexity index is 706. The van der Waals surface area contributed by atoms with Gasteiger partial charge in [-0.2, -0.15) is 5.10 Å². The van der Waals surface area contributed by atoms with Gasteiger partial charge >= 0.3 is 0 Å². The molecule has 0 saturated heterocycles. The van der Waals surface area contributed by atoms with Crippen LogP contribution < -0.4 is 0 Å². The van der Waals surface area contributed by atoms with E-state index in [0.29, 0.717) is 12.1 Å². The number of aliphatic hydroxyl groups excluding tert-OH is 1. The van der Waals surface area contributed by atoms with Crippen LogP contribution in [0.15, 0.2) is 17.6 Å². The molecular weight excluding hydrogens is 286 g/mol. The van der Waals surface area contributed by atoms with Crippen LogP contribution in [0, 0.1) is 18.8 Å². The minimum Gasteiger partial charge on any atom is -0.384 e. The molecule has 0 atom stereocenters. The third kappa shape index (κ3) is 3.72. The number of amides is 1. The molecule has 0 aliphatic heterocycles. The number of aromatic nitrogens is 2. The molecule has 21 heavy (non-hydrogen) atoms. The van der Waals surface area contributed by atoms with Crippen molar-refractivity contribution >= 4 is 17.2 Å². The van der Waals surface area contributed by atoms with E-state index < -0.39 is 0 Å². The zero-order valence-corrected chi connectivity index (χ0v) is 13.1. The van der Waals surface area contributed by atoms with Crippen LogP contribution in [0.4, 0.5) is 0 Å². The summed E-state index contributed by atoms with van der Waals surface area (Å²) in [7, 11) is 3.57. The number of carbonyl (C=O) groups excluding carboxylic acids is 1. The van der Waals surface area contributed by atoms with E-state index in [2.05, 4.69) is 16.9 Å². The summed E-state index contributed by atoms with van der Waals surface area (Å²) in [5.74, 6) is 5.43. The Morgan fingerprint density at radius 2 is 2.33 bits per heavy atom. The molecule has 0 unspecified atom stereocenters. The summed E-state index contributed by atoms with van der Waals surface area (Å²) in [5.41, 5.74) is 2.38. The molecule has 1 N–H and O–H groups in total. The molecule has 0 aliphatic carbocycles. The topological polar surface area (TPSA) is 58.4 Å². The predicted octanol–water partition coefficient (Wildman–Crippen LogP) is 1.41. The smallest absolute Gasteiger partial charge is 0.257 e. The van der Waals surface area contributed by atoms with E-state index in [4.69, 9.17) is 5.11 Å². The van der Waals surface area contributed by atoms with Gasteiger partial charge in [-0.1, -0.05) is 11.8 Å². The number of hydrogen-bond donors (Lipinski definition) is 1. The monoisotopic (exact) mass is 303 g/mol. The Kier molecular flexibility index (Phi) is 4.78. The standard InChI is InChI=1S/C15H17N3O2S/c1-11-14(9-18(3)16-11)15(20)17(2)8-12-7-13(21-10-12)5-4-6-19/h7,9-10,19H,6,8H2,1-3H3. The summed E-state index contributed by atoms with van der Waals surface area (Å²) >= 11 is 1.51. The molecule has 1 amide bonds. The fourth-order valence-corrected chi connectivity index (χ4v) is 2.78. The third-order valence-corrected chi connectivity index (χ3v) is 3.85. The van der Waals surface area contributed by atoms with Gasteiger partial charge in [-0.05, 0) is 23.9 Å². The van der Waals surface area contributed by atoms with Crippen LogP contribution in [0.2, 0.25) is 0 Å². The molecule has 0 saturated carbocycles. The molecule has 110 valence electrons. The summed E-state index contributed by atoms with van der Waals surface area (Å²) in [6.45, 7) is 2.20. The lowest BCUT2D eigenvalue weighted by Crippen LogP contribution is -2.26. The Labute approximate surface area is 127 Å². The molecule has 5 nitrogen and oxygen atoms in total. The molecule has 2 aromatic rings. The number of aliphatic hydroxyl groups is 1. The van der Waals surface area contributed by atoms with Gasteiger partial charge in [0.15, 0.2) is 0 Å². The van der Waals surface area contributed by atoms with Crippen molar-refractivity contribution in [1.29, 1.82) is 0 Å². The number of nitrogens with zero attached hydrogens (tertiary/aromatic N) is 3. The van der Waals surface area contributed by atoms with E-state index in [-0.39, 0.29) is 12.5 Å². The minimum absolute atomic E-state index is 0.0465. The van der Waals surface area contributed by atoms with Crippen LogP contribution in [0.25, 0.3) is 0 Å². The van der Waals surface area contributed by atoms with Crippen molar-refractivity contribution in [2.24, 2.45) is 7.05 Å². The van der Waals surface area contributed by atoms with E-state index in [1.165, 1.54) is 11.3 Å². The molecule has 0 aliphatic rings. The quantitative estimate of drug-likeness (QED) is 0.872. The summed E-state index contributed by atoms with van der Waals surface area (Å²) in [5, 5.41) is 14.8. The SMILES string of the molecule is Cc1nn(C)cc1C(=O)N(C)Cc1csc(C#CCO)c1. The average molecular weight is 303 g/mol. The maximum absolute atomic E-state index is 12.4. The lowest BCUT2D eigenvalue weighted by atomic mass is 10.2. The van der Waals surface area contributed by atoms with E-state index in [1.54, 1.807) is 29.9 Å². The van der Waals surface area contributed by atoms with Gasteiger partial charge in [-0.3, -0.25) is 9.48 Å². The van der Waals surface area contributed by atoms with Gasteiger partial charge in [-0.15, -0.1) is 11.3 Å². The van der Waals surface area contributed by atoms with Crippen molar-refractivity contribution in [3.63, 3.8) is 0 Å². The molecule has 2 aromatic heterocycles. The first kappa shape index (κ1) is 15.3. The second kappa shape index (κ2) is 6.57. The fourth-order valence-electron chi connectivity index (χ4n) is 2.01. The molecule has 0 aromatic carbocycles. The minimum atomic E-state index is -0.147. The average Bonchev–Trinajstić information content (AvgIpc) is 3.02. The fraction of sp³-hybridized carbons (Fsp3) is 0.333. The van der Waals surface area contributed by atoms with Crippen molar-refractivity contribution < 1.29 is 9.90 Å². The van der Waals surface area contributed by atoms with E-state index in [0.717, 1.165) is 16.1 Å². The van der Waals surface area contributed by atoms with Gasteiger partial charge in [-0.25, -0.2) is 0 Å². The maximum Gasteiger partial charge on any atom is 0.257 e. The molecule has 2 heterocycles. The van der Waals surface area contributed by atoms with Gasteiger partial charge in [0, 0.05) is 26.8 Å². The first-order valence-corrected chi connectivity index (χ1v) is 7.32. The molecule has 0 bridgehead atoms. The second-order valence-corrected chi connectivity index (χ2v) is 5.65. The van der Waals surface area contributed by atoms with Crippen LogP contribution >= 0.6 is 11.3 Å². The van der Waals surface area contributed by atoms with Crippen LogP contribution in [-0.4, -0.2) is 39.3 Å². The Morgan fingerprint density at radius 1 is 1.57 bits per heavy atom. The van der Waals surface area contributed by atoms with Crippen molar-refractivity contribution in [3.05, 3.63) is 39.3 Å². The van der Waals surface area contributed by atoms with E-state index in [9.17, 15) is 4.79 Å². The summed E-state index contributed by atoms with van der Waals surface area (Å²) in [6, 6.07) is 1.94. The molecule has 0 spiro atoms. The van der Waals surface area contributed by atoms with E-state index >= 15 is 0 Å². The first-order chi connectivity index (χ1) is 10.0. The van der Waals surface area contributed by atoms with E-state index in [1.807, 2.05) is 18.4 Å². The first-order valence-electron chi connectivity index (χ1n) is 6.44. The Balaban J connectivity index is 2.07. The Morgan fingerprint density at radius 3 is 2.95 bits per heavy atom. The zero-order chi connectivity index (χ0) is 15.4. The number of hydrogen-bond acceptors (Lipinski definition) is 4. The number of aryl methyl sites for hydroxylation is 2. The Hall–Kier alpha value is -2.10. The van der Waals surface area contributed by atoms with Crippen molar-refractivity contribution in [1.82, 2.24) is 14.7 Å². The predicted molar refractivity (Wildman–Crippen MR) is 82.0 cm³/mol. The van der Waals surface area contributed by atoms with Gasteiger partial charge in [0.05, 0.1) is 16.1 Å². The van der Waals surface area contributed by atoms with Gasteiger partial charge in [0.1, 0.15) is 6.61 Å².